The fourth-order valence-electron chi connectivity index (χ4n) is 0.910. The summed E-state index contributed by atoms with van der Waals surface area (Å²) in [4.78, 5) is 11.0. The van der Waals surface area contributed by atoms with Gasteiger partial charge in [0.05, 0.1) is 7.11 Å². The van der Waals surface area contributed by atoms with E-state index in [-0.39, 0.29) is 11.4 Å². The van der Waals surface area contributed by atoms with Gasteiger partial charge in [0, 0.05) is 7.11 Å². The molecule has 0 aromatic rings. The fraction of sp³-hybridized carbons (Fsp3) is 0.875. The van der Waals surface area contributed by atoms with E-state index in [1.54, 1.807) is 0 Å². The Hall–Kier alpha value is -0.570. The summed E-state index contributed by atoms with van der Waals surface area (Å²) in [5.74, 6) is -0.319. The van der Waals surface area contributed by atoms with E-state index >= 15 is 0 Å². The van der Waals surface area contributed by atoms with Crippen molar-refractivity contribution in [2.45, 2.75) is 26.9 Å². The van der Waals surface area contributed by atoms with Crippen LogP contribution in [0.25, 0.3) is 0 Å². The number of ether oxygens (including phenoxy) is 2. The topological polar surface area (TPSA) is 35.5 Å². The molecule has 0 radical (unpaired) electrons. The van der Waals surface area contributed by atoms with Crippen LogP contribution < -0.4 is 0 Å². The normalized spacial score (nSPS) is 14.3. The Morgan fingerprint density at radius 3 is 1.82 bits per heavy atom. The third kappa shape index (κ3) is 2.89. The lowest BCUT2D eigenvalue weighted by atomic mass is 9.89. The van der Waals surface area contributed by atoms with E-state index in [9.17, 15) is 4.79 Å². The molecule has 0 heterocycles. The molecule has 0 aliphatic rings. The lowest BCUT2D eigenvalue weighted by Crippen LogP contribution is -2.36. The Kier molecular flexibility index (Phi) is 3.52. The molecule has 0 bridgehead atoms. The van der Waals surface area contributed by atoms with E-state index < -0.39 is 6.10 Å². The van der Waals surface area contributed by atoms with Gasteiger partial charge in [0.1, 0.15) is 0 Å². The number of rotatable bonds is 2. The third-order valence-corrected chi connectivity index (χ3v) is 1.44. The maximum atomic E-state index is 11.0. The zero-order chi connectivity index (χ0) is 9.07. The van der Waals surface area contributed by atoms with E-state index in [0.29, 0.717) is 0 Å². The summed E-state index contributed by atoms with van der Waals surface area (Å²) in [7, 11) is 2.87. The van der Waals surface area contributed by atoms with Gasteiger partial charge in [-0.25, -0.2) is 4.79 Å². The average Bonchev–Trinajstić information content (AvgIpc) is 1.86. The maximum absolute atomic E-state index is 11.0. The molecule has 0 aliphatic carbocycles. The van der Waals surface area contributed by atoms with Crippen LogP contribution in [0.4, 0.5) is 0 Å². The molecule has 0 amide bonds. The van der Waals surface area contributed by atoms with Crippen LogP contribution >= 0.6 is 0 Å². The summed E-state index contributed by atoms with van der Waals surface area (Å²) < 4.78 is 9.56. The largest absolute Gasteiger partial charge is 0.467 e. The highest BCUT2D eigenvalue weighted by molar-refractivity contribution is 5.75. The van der Waals surface area contributed by atoms with Gasteiger partial charge in [0.2, 0.25) is 0 Å². The van der Waals surface area contributed by atoms with Crippen LogP contribution in [0.5, 0.6) is 0 Å². The average molecular weight is 160 g/mol. The minimum atomic E-state index is -0.479. The smallest absolute Gasteiger partial charge is 0.335 e. The minimum absolute atomic E-state index is 0.207. The van der Waals surface area contributed by atoms with Crippen molar-refractivity contribution in [3.63, 3.8) is 0 Å². The first-order chi connectivity index (χ1) is 4.93. The van der Waals surface area contributed by atoms with Gasteiger partial charge in [0.15, 0.2) is 6.10 Å². The Morgan fingerprint density at radius 1 is 1.27 bits per heavy atom. The summed E-state index contributed by atoms with van der Waals surface area (Å²) >= 11 is 0. The Morgan fingerprint density at radius 2 is 1.73 bits per heavy atom. The summed E-state index contributed by atoms with van der Waals surface area (Å²) in [5, 5.41) is 0. The molecule has 66 valence electrons. The second-order valence-corrected chi connectivity index (χ2v) is 3.50. The van der Waals surface area contributed by atoms with Crippen molar-refractivity contribution >= 4 is 5.97 Å². The minimum Gasteiger partial charge on any atom is -0.467 e. The van der Waals surface area contributed by atoms with Crippen molar-refractivity contribution in [2.75, 3.05) is 14.2 Å². The summed E-state index contributed by atoms with van der Waals surface area (Å²) in [6.45, 7) is 5.79. The van der Waals surface area contributed by atoms with Crippen LogP contribution in [0.1, 0.15) is 20.8 Å². The Labute approximate surface area is 67.7 Å². The zero-order valence-corrected chi connectivity index (χ0v) is 7.80. The first kappa shape index (κ1) is 10.4. The molecule has 0 aromatic carbocycles. The first-order valence-corrected chi connectivity index (χ1v) is 3.54. The van der Waals surface area contributed by atoms with Gasteiger partial charge in [-0.05, 0) is 5.41 Å². The van der Waals surface area contributed by atoms with Crippen molar-refractivity contribution in [3.05, 3.63) is 0 Å². The van der Waals surface area contributed by atoms with Gasteiger partial charge in [0.25, 0.3) is 0 Å². The maximum Gasteiger partial charge on any atom is 0.335 e. The molecule has 0 fully saturated rings. The van der Waals surface area contributed by atoms with Gasteiger partial charge in [-0.2, -0.15) is 0 Å². The second-order valence-electron chi connectivity index (χ2n) is 3.50. The summed E-state index contributed by atoms with van der Waals surface area (Å²) in [5.41, 5.74) is -0.207. The lowest BCUT2D eigenvalue weighted by Gasteiger charge is -2.26. The second kappa shape index (κ2) is 3.72. The molecular formula is C8H16O3. The molecule has 0 aliphatic heterocycles. The highest BCUT2D eigenvalue weighted by Crippen LogP contribution is 2.22. The van der Waals surface area contributed by atoms with Gasteiger partial charge in [-0.3, -0.25) is 0 Å². The van der Waals surface area contributed by atoms with E-state index in [0.717, 1.165) is 0 Å². The van der Waals surface area contributed by atoms with Gasteiger partial charge in [-0.1, -0.05) is 20.8 Å². The number of hydrogen-bond acceptors (Lipinski definition) is 3. The van der Waals surface area contributed by atoms with Crippen LogP contribution in [0.3, 0.4) is 0 Å². The molecule has 0 N–H and O–H groups in total. The Balaban J connectivity index is 4.29. The first-order valence-electron chi connectivity index (χ1n) is 3.54. The van der Waals surface area contributed by atoms with Crippen molar-refractivity contribution in [2.24, 2.45) is 5.41 Å². The van der Waals surface area contributed by atoms with Gasteiger partial charge in [-0.15, -0.1) is 0 Å². The zero-order valence-electron chi connectivity index (χ0n) is 7.80. The number of methoxy groups -OCH3 is 2. The highest BCUT2D eigenvalue weighted by atomic mass is 16.6. The molecule has 1 unspecified atom stereocenters. The lowest BCUT2D eigenvalue weighted by molar-refractivity contribution is -0.158. The molecule has 3 heteroatoms. The van der Waals surface area contributed by atoms with Crippen LogP contribution in [0.2, 0.25) is 0 Å². The predicted molar refractivity (Wildman–Crippen MR) is 42.3 cm³/mol. The fourth-order valence-corrected chi connectivity index (χ4v) is 0.910. The molecule has 3 nitrogen and oxygen atoms in total. The van der Waals surface area contributed by atoms with E-state index in [1.807, 2.05) is 20.8 Å². The van der Waals surface area contributed by atoms with Crippen molar-refractivity contribution in [1.29, 1.82) is 0 Å². The number of carbonyl (C=O) groups excluding carboxylic acids is 1. The molecule has 0 aromatic heterocycles. The van der Waals surface area contributed by atoms with Crippen LogP contribution in [0, 0.1) is 5.41 Å². The van der Waals surface area contributed by atoms with Gasteiger partial charge < -0.3 is 9.47 Å². The summed E-state index contributed by atoms with van der Waals surface area (Å²) in [6, 6.07) is 0. The van der Waals surface area contributed by atoms with Crippen LogP contribution in [-0.2, 0) is 14.3 Å². The number of carbonyl (C=O) groups is 1. The molecule has 11 heavy (non-hydrogen) atoms. The predicted octanol–water partition coefficient (Wildman–Crippen LogP) is 1.22. The number of esters is 1. The van der Waals surface area contributed by atoms with E-state index in [1.165, 1.54) is 14.2 Å². The number of hydrogen-bond donors (Lipinski definition) is 0. The highest BCUT2D eigenvalue weighted by Gasteiger charge is 2.31. The molecule has 0 spiro atoms. The summed E-state index contributed by atoms with van der Waals surface area (Å²) in [6.07, 6.45) is -0.479. The van der Waals surface area contributed by atoms with Crippen LogP contribution in [0.15, 0.2) is 0 Å². The monoisotopic (exact) mass is 160 g/mol. The molecule has 0 saturated carbocycles. The molecular weight excluding hydrogens is 144 g/mol. The Bertz CT molecular complexity index is 135. The van der Waals surface area contributed by atoms with E-state index in [2.05, 4.69) is 4.74 Å². The van der Waals surface area contributed by atoms with Crippen molar-refractivity contribution in [3.8, 4) is 0 Å². The molecule has 0 saturated heterocycles. The quantitative estimate of drug-likeness (QED) is 0.570. The van der Waals surface area contributed by atoms with Crippen LogP contribution in [-0.4, -0.2) is 26.3 Å². The van der Waals surface area contributed by atoms with Crippen molar-refractivity contribution in [1.82, 2.24) is 0 Å². The standard InChI is InChI=1S/C8H16O3/c1-8(2,3)6(10-4)7(9)11-5/h6H,1-5H3. The third-order valence-electron chi connectivity index (χ3n) is 1.44. The van der Waals surface area contributed by atoms with Crippen molar-refractivity contribution < 1.29 is 14.3 Å². The van der Waals surface area contributed by atoms with Gasteiger partial charge >= 0.3 is 5.97 Å². The SMILES string of the molecule is COC(=O)C(OC)C(C)(C)C. The molecule has 1 atom stereocenters. The van der Waals surface area contributed by atoms with E-state index in [4.69, 9.17) is 4.74 Å². The molecule has 0 rings (SSSR count).